The molecule has 1 aromatic rings. The molecule has 1 atom stereocenters. The topological polar surface area (TPSA) is 41.1 Å². The molecule has 15 heavy (non-hydrogen) atoms. The first-order valence-electron chi connectivity index (χ1n) is 5.16. The molecule has 0 spiro atoms. The lowest BCUT2D eigenvalue weighted by Gasteiger charge is -2.15. The number of nitrogens with one attached hydrogen (secondary N) is 2. The zero-order chi connectivity index (χ0) is 11.3. The van der Waals surface area contributed by atoms with Crippen molar-refractivity contribution in [3.8, 4) is 0 Å². The van der Waals surface area contributed by atoms with Crippen molar-refractivity contribution < 1.29 is 4.79 Å². The maximum atomic E-state index is 11.4. The minimum Gasteiger partial charge on any atom is -0.336 e. The van der Waals surface area contributed by atoms with E-state index in [2.05, 4.69) is 27.5 Å². The predicted molar refractivity (Wildman–Crippen MR) is 64.3 cm³/mol. The summed E-state index contributed by atoms with van der Waals surface area (Å²) in [5.41, 5.74) is 1.28. The molecule has 0 aromatic carbocycles. The highest BCUT2D eigenvalue weighted by Gasteiger charge is 2.08. The number of amides is 2. The fourth-order valence-corrected chi connectivity index (χ4v) is 2.02. The number of rotatable bonds is 4. The molecule has 0 aliphatic heterocycles. The van der Waals surface area contributed by atoms with Gasteiger partial charge in [-0.15, -0.1) is 0 Å². The highest BCUT2D eigenvalue weighted by molar-refractivity contribution is 7.07. The molecule has 0 bridgehead atoms. The first-order chi connectivity index (χ1) is 7.08. The van der Waals surface area contributed by atoms with Gasteiger partial charge in [0.2, 0.25) is 0 Å². The van der Waals surface area contributed by atoms with Crippen molar-refractivity contribution in [2.75, 3.05) is 0 Å². The molecule has 1 heterocycles. The van der Waals surface area contributed by atoms with Crippen molar-refractivity contribution in [2.24, 2.45) is 0 Å². The molecule has 2 N–H and O–H groups in total. The van der Waals surface area contributed by atoms with Crippen molar-refractivity contribution in [2.45, 2.75) is 39.3 Å². The molecule has 1 unspecified atom stereocenters. The summed E-state index contributed by atoms with van der Waals surface area (Å²) in [5.74, 6) is 0. The Labute approximate surface area is 94.9 Å². The van der Waals surface area contributed by atoms with Gasteiger partial charge in [0.15, 0.2) is 0 Å². The van der Waals surface area contributed by atoms with E-state index in [9.17, 15) is 4.79 Å². The van der Waals surface area contributed by atoms with Crippen LogP contribution in [0.2, 0.25) is 0 Å². The first-order valence-corrected chi connectivity index (χ1v) is 6.10. The average Bonchev–Trinajstić information content (AvgIpc) is 2.53. The molecule has 0 saturated carbocycles. The van der Waals surface area contributed by atoms with E-state index < -0.39 is 0 Å². The van der Waals surface area contributed by atoms with Crippen LogP contribution in [0.5, 0.6) is 0 Å². The fraction of sp³-hybridized carbons (Fsp3) is 0.545. The van der Waals surface area contributed by atoms with Gasteiger partial charge in [-0.3, -0.25) is 0 Å². The van der Waals surface area contributed by atoms with Gasteiger partial charge in [0.05, 0.1) is 0 Å². The number of hydrogen-bond donors (Lipinski definition) is 2. The zero-order valence-electron chi connectivity index (χ0n) is 9.41. The molecule has 0 aliphatic carbocycles. The molecule has 1 aromatic heterocycles. The third-order valence-corrected chi connectivity index (χ3v) is 2.65. The quantitative estimate of drug-likeness (QED) is 0.813. The SMILES string of the molecule is CC(C)NC(=O)NC(C)Cc1ccsc1. The summed E-state index contributed by atoms with van der Waals surface area (Å²) in [5, 5.41) is 9.87. The molecular weight excluding hydrogens is 208 g/mol. The Morgan fingerprint density at radius 1 is 1.40 bits per heavy atom. The summed E-state index contributed by atoms with van der Waals surface area (Å²) in [7, 11) is 0. The Hall–Kier alpha value is -1.03. The summed E-state index contributed by atoms with van der Waals surface area (Å²) >= 11 is 1.68. The van der Waals surface area contributed by atoms with Crippen LogP contribution in [-0.2, 0) is 6.42 Å². The summed E-state index contributed by atoms with van der Waals surface area (Å²) in [4.78, 5) is 11.4. The van der Waals surface area contributed by atoms with Gasteiger partial charge in [0.25, 0.3) is 0 Å². The average molecular weight is 226 g/mol. The lowest BCUT2D eigenvalue weighted by Crippen LogP contribution is -2.44. The van der Waals surface area contributed by atoms with E-state index in [0.717, 1.165) is 6.42 Å². The smallest absolute Gasteiger partial charge is 0.315 e. The minimum absolute atomic E-state index is 0.0901. The van der Waals surface area contributed by atoms with E-state index in [1.54, 1.807) is 11.3 Å². The molecule has 4 heteroatoms. The van der Waals surface area contributed by atoms with Crippen molar-refractivity contribution in [3.63, 3.8) is 0 Å². The van der Waals surface area contributed by atoms with Crippen LogP contribution in [0, 0.1) is 0 Å². The van der Waals surface area contributed by atoms with Gasteiger partial charge in [-0.2, -0.15) is 11.3 Å². The van der Waals surface area contributed by atoms with Crippen LogP contribution in [0.15, 0.2) is 16.8 Å². The molecule has 3 nitrogen and oxygen atoms in total. The van der Waals surface area contributed by atoms with Gasteiger partial charge >= 0.3 is 6.03 Å². The van der Waals surface area contributed by atoms with Crippen molar-refractivity contribution in [1.82, 2.24) is 10.6 Å². The van der Waals surface area contributed by atoms with Crippen LogP contribution in [0.25, 0.3) is 0 Å². The highest BCUT2D eigenvalue weighted by Crippen LogP contribution is 2.08. The van der Waals surface area contributed by atoms with Crippen LogP contribution in [0.3, 0.4) is 0 Å². The molecule has 2 amide bonds. The van der Waals surface area contributed by atoms with Crippen molar-refractivity contribution >= 4 is 17.4 Å². The van der Waals surface area contributed by atoms with Crippen molar-refractivity contribution in [1.29, 1.82) is 0 Å². The van der Waals surface area contributed by atoms with E-state index in [1.165, 1.54) is 5.56 Å². The number of hydrogen-bond acceptors (Lipinski definition) is 2. The Kier molecular flexibility index (Phi) is 4.62. The van der Waals surface area contributed by atoms with Gasteiger partial charge in [-0.25, -0.2) is 4.79 Å². The largest absolute Gasteiger partial charge is 0.336 e. The van der Waals surface area contributed by atoms with Crippen LogP contribution < -0.4 is 10.6 Å². The summed E-state index contributed by atoms with van der Waals surface area (Å²) in [6.45, 7) is 5.91. The second-order valence-corrected chi connectivity index (χ2v) is 4.79. The van der Waals surface area contributed by atoms with Gasteiger partial charge in [0.1, 0.15) is 0 Å². The van der Waals surface area contributed by atoms with E-state index in [-0.39, 0.29) is 18.1 Å². The predicted octanol–water partition coefficient (Wildman–Crippen LogP) is 2.39. The van der Waals surface area contributed by atoms with Gasteiger partial charge < -0.3 is 10.6 Å². The Bertz CT molecular complexity index is 296. The molecule has 0 fully saturated rings. The third-order valence-electron chi connectivity index (χ3n) is 1.92. The van der Waals surface area contributed by atoms with Gasteiger partial charge in [-0.1, -0.05) is 0 Å². The Morgan fingerprint density at radius 3 is 2.67 bits per heavy atom. The Balaban J connectivity index is 2.29. The monoisotopic (exact) mass is 226 g/mol. The first kappa shape index (κ1) is 12.0. The summed E-state index contributed by atoms with van der Waals surface area (Å²) < 4.78 is 0. The van der Waals surface area contributed by atoms with E-state index in [4.69, 9.17) is 0 Å². The highest BCUT2D eigenvalue weighted by atomic mass is 32.1. The second-order valence-electron chi connectivity index (χ2n) is 4.01. The fourth-order valence-electron chi connectivity index (χ4n) is 1.34. The minimum atomic E-state index is -0.0901. The van der Waals surface area contributed by atoms with E-state index in [0.29, 0.717) is 0 Å². The maximum absolute atomic E-state index is 11.4. The molecule has 0 radical (unpaired) electrons. The number of urea groups is 1. The molecular formula is C11H18N2OS. The number of thiophene rings is 1. The number of carbonyl (C=O) groups excluding carboxylic acids is 1. The second kappa shape index (κ2) is 5.75. The Morgan fingerprint density at radius 2 is 2.13 bits per heavy atom. The van der Waals surface area contributed by atoms with Gasteiger partial charge in [-0.05, 0) is 49.6 Å². The van der Waals surface area contributed by atoms with E-state index in [1.807, 2.05) is 20.8 Å². The normalized spacial score (nSPS) is 12.5. The summed E-state index contributed by atoms with van der Waals surface area (Å²) in [6.07, 6.45) is 0.884. The van der Waals surface area contributed by atoms with E-state index >= 15 is 0 Å². The lowest BCUT2D eigenvalue weighted by atomic mass is 10.1. The van der Waals surface area contributed by atoms with Crippen LogP contribution in [-0.4, -0.2) is 18.1 Å². The lowest BCUT2D eigenvalue weighted by molar-refractivity contribution is 0.235. The van der Waals surface area contributed by atoms with Crippen LogP contribution >= 0.6 is 11.3 Å². The zero-order valence-corrected chi connectivity index (χ0v) is 10.2. The maximum Gasteiger partial charge on any atom is 0.315 e. The molecule has 84 valence electrons. The number of carbonyl (C=O) groups is 1. The molecule has 0 saturated heterocycles. The third kappa shape index (κ3) is 4.83. The summed E-state index contributed by atoms with van der Waals surface area (Å²) in [6, 6.07) is 2.34. The van der Waals surface area contributed by atoms with Crippen LogP contribution in [0.4, 0.5) is 4.79 Å². The molecule has 1 rings (SSSR count). The van der Waals surface area contributed by atoms with Gasteiger partial charge in [0, 0.05) is 12.1 Å². The molecule has 0 aliphatic rings. The van der Waals surface area contributed by atoms with Crippen molar-refractivity contribution in [3.05, 3.63) is 22.4 Å². The standard InChI is InChI=1S/C11H18N2OS/c1-8(2)12-11(14)13-9(3)6-10-4-5-15-7-10/h4-5,7-9H,6H2,1-3H3,(H2,12,13,14). The van der Waals surface area contributed by atoms with Crippen LogP contribution in [0.1, 0.15) is 26.3 Å².